The molecule has 26 heavy (non-hydrogen) atoms. The summed E-state index contributed by atoms with van der Waals surface area (Å²) >= 11 is 0. The molecule has 1 atom stereocenters. The summed E-state index contributed by atoms with van der Waals surface area (Å²) in [7, 11) is 0. The molecule has 2 aromatic carbocycles. The van der Waals surface area contributed by atoms with E-state index < -0.39 is 0 Å². The lowest BCUT2D eigenvalue weighted by atomic mass is 9.73. The molecule has 0 N–H and O–H groups in total. The van der Waals surface area contributed by atoms with E-state index in [-0.39, 0.29) is 11.3 Å². The van der Waals surface area contributed by atoms with E-state index in [1.54, 1.807) is 0 Å². The minimum Gasteiger partial charge on any atom is -0.294 e. The highest BCUT2D eigenvalue weighted by atomic mass is 16.1. The first-order valence-corrected chi connectivity index (χ1v) is 10.1. The quantitative estimate of drug-likeness (QED) is 0.607. The number of benzene rings is 2. The van der Waals surface area contributed by atoms with Crippen LogP contribution in [0.3, 0.4) is 0 Å². The molecule has 1 aliphatic carbocycles. The van der Waals surface area contributed by atoms with Gasteiger partial charge < -0.3 is 0 Å². The Hall–Kier alpha value is -1.93. The van der Waals surface area contributed by atoms with Crippen LogP contribution in [0, 0.1) is 0 Å². The fraction of sp³-hybridized carbons (Fsp3) is 0.458. The molecule has 1 aliphatic rings. The van der Waals surface area contributed by atoms with Crippen LogP contribution < -0.4 is 0 Å². The third kappa shape index (κ3) is 3.48. The van der Waals surface area contributed by atoms with E-state index in [1.165, 1.54) is 17.5 Å². The van der Waals surface area contributed by atoms with Gasteiger partial charge in [-0.15, -0.1) is 0 Å². The first kappa shape index (κ1) is 18.8. The molecule has 0 saturated heterocycles. The van der Waals surface area contributed by atoms with Gasteiger partial charge in [0.2, 0.25) is 0 Å². The van der Waals surface area contributed by atoms with Crippen LogP contribution in [0.4, 0.5) is 0 Å². The summed E-state index contributed by atoms with van der Waals surface area (Å²) in [5, 5.41) is 0. The second-order valence-electron chi connectivity index (χ2n) is 7.65. The zero-order valence-corrected chi connectivity index (χ0v) is 16.4. The number of carbonyl (C=O) groups excluding carboxylic acids is 1. The third-order valence-corrected chi connectivity index (χ3v) is 5.76. The van der Waals surface area contributed by atoms with Crippen LogP contribution in [0.1, 0.15) is 73.5 Å². The van der Waals surface area contributed by atoms with Crippen LogP contribution in [0.2, 0.25) is 0 Å². The number of carbonyl (C=O) groups is 1. The van der Waals surface area contributed by atoms with Crippen molar-refractivity contribution in [3.63, 3.8) is 0 Å². The second kappa shape index (κ2) is 8.18. The molecule has 2 nitrogen and oxygen atoms in total. The molecular formula is C24H31NO. The molecule has 0 aromatic heterocycles. The Bertz CT molecular complexity index is 746. The largest absolute Gasteiger partial charge is 0.294 e. The van der Waals surface area contributed by atoms with Gasteiger partial charge in [0.15, 0.2) is 5.78 Å². The summed E-state index contributed by atoms with van der Waals surface area (Å²) in [5.74, 6) is 0.156. The van der Waals surface area contributed by atoms with Crippen molar-refractivity contribution in [1.82, 2.24) is 4.90 Å². The van der Waals surface area contributed by atoms with Crippen molar-refractivity contribution in [2.24, 2.45) is 0 Å². The summed E-state index contributed by atoms with van der Waals surface area (Å²) in [6.45, 7) is 9.01. The summed E-state index contributed by atoms with van der Waals surface area (Å²) in [5.41, 5.74) is 4.26. The molecule has 3 rings (SSSR count). The standard InChI is InChI=1S/C24H31NO/c1-4-17-25(18-5-2)24(3)16-10-14-19-13-9-15-21(22(19)24)23(26)20-11-7-6-8-12-20/h6-9,11-13,15H,4-5,10,14,16-18H2,1-3H3/t24-/m0/s1. The number of aryl methyl sites for hydroxylation is 1. The molecule has 0 saturated carbocycles. The monoisotopic (exact) mass is 349 g/mol. The molecule has 2 heteroatoms. The van der Waals surface area contributed by atoms with Gasteiger partial charge in [-0.1, -0.05) is 62.4 Å². The Balaban J connectivity index is 2.12. The van der Waals surface area contributed by atoms with Gasteiger partial charge in [0.05, 0.1) is 0 Å². The predicted octanol–water partition coefficient (Wildman–Crippen LogP) is 5.59. The fourth-order valence-corrected chi connectivity index (χ4v) is 4.59. The van der Waals surface area contributed by atoms with Crippen LogP contribution in [-0.2, 0) is 12.0 Å². The average Bonchev–Trinajstić information content (AvgIpc) is 2.68. The lowest BCUT2D eigenvalue weighted by molar-refractivity contribution is 0.0808. The number of hydrogen-bond donors (Lipinski definition) is 0. The zero-order valence-electron chi connectivity index (χ0n) is 16.4. The lowest BCUT2D eigenvalue weighted by Crippen LogP contribution is -2.47. The highest BCUT2D eigenvalue weighted by molar-refractivity contribution is 6.10. The van der Waals surface area contributed by atoms with Crippen molar-refractivity contribution in [3.05, 3.63) is 70.8 Å². The molecule has 0 aliphatic heterocycles. The summed E-state index contributed by atoms with van der Waals surface area (Å²) in [6.07, 6.45) is 5.67. The van der Waals surface area contributed by atoms with Crippen molar-refractivity contribution in [1.29, 1.82) is 0 Å². The van der Waals surface area contributed by atoms with Gasteiger partial charge in [-0.2, -0.15) is 0 Å². The van der Waals surface area contributed by atoms with Crippen molar-refractivity contribution >= 4 is 5.78 Å². The van der Waals surface area contributed by atoms with Crippen molar-refractivity contribution in [2.45, 2.75) is 58.4 Å². The van der Waals surface area contributed by atoms with Gasteiger partial charge in [-0.05, 0) is 63.2 Å². The van der Waals surface area contributed by atoms with Gasteiger partial charge in [-0.3, -0.25) is 9.69 Å². The Morgan fingerprint density at radius 3 is 2.35 bits per heavy atom. The molecule has 2 aromatic rings. The normalized spacial score (nSPS) is 19.4. The van der Waals surface area contributed by atoms with E-state index in [9.17, 15) is 4.79 Å². The topological polar surface area (TPSA) is 20.3 Å². The molecule has 0 radical (unpaired) electrons. The second-order valence-corrected chi connectivity index (χ2v) is 7.65. The van der Waals surface area contributed by atoms with Gasteiger partial charge >= 0.3 is 0 Å². The Kier molecular flexibility index (Phi) is 5.93. The van der Waals surface area contributed by atoms with E-state index in [0.717, 1.165) is 49.9 Å². The number of fused-ring (bicyclic) bond motifs is 1. The Labute approximate surface area is 158 Å². The van der Waals surface area contributed by atoms with Crippen LogP contribution in [0.15, 0.2) is 48.5 Å². The molecule has 0 spiro atoms. The smallest absolute Gasteiger partial charge is 0.193 e. The van der Waals surface area contributed by atoms with Gasteiger partial charge in [0.25, 0.3) is 0 Å². The molecule has 0 unspecified atom stereocenters. The average molecular weight is 350 g/mol. The summed E-state index contributed by atoms with van der Waals surface area (Å²) < 4.78 is 0. The van der Waals surface area contributed by atoms with Gasteiger partial charge in [-0.25, -0.2) is 0 Å². The number of hydrogen-bond acceptors (Lipinski definition) is 2. The molecule has 0 amide bonds. The molecular weight excluding hydrogens is 318 g/mol. The number of rotatable bonds is 7. The minimum absolute atomic E-state index is 0.0549. The van der Waals surface area contributed by atoms with Crippen LogP contribution in [0.5, 0.6) is 0 Å². The fourth-order valence-electron chi connectivity index (χ4n) is 4.59. The predicted molar refractivity (Wildman–Crippen MR) is 109 cm³/mol. The molecule has 0 bridgehead atoms. The van der Waals surface area contributed by atoms with Gasteiger partial charge in [0.1, 0.15) is 0 Å². The lowest BCUT2D eigenvalue weighted by Gasteiger charge is -2.46. The van der Waals surface area contributed by atoms with Crippen LogP contribution in [0.25, 0.3) is 0 Å². The van der Waals surface area contributed by atoms with Crippen molar-refractivity contribution in [3.8, 4) is 0 Å². The van der Waals surface area contributed by atoms with E-state index in [1.807, 2.05) is 36.4 Å². The molecule has 0 fully saturated rings. The number of ketones is 1. The first-order chi connectivity index (χ1) is 12.6. The van der Waals surface area contributed by atoms with E-state index in [2.05, 4.69) is 37.8 Å². The van der Waals surface area contributed by atoms with E-state index >= 15 is 0 Å². The maximum atomic E-state index is 13.3. The molecule has 138 valence electrons. The van der Waals surface area contributed by atoms with Crippen LogP contribution >= 0.6 is 0 Å². The van der Waals surface area contributed by atoms with Crippen molar-refractivity contribution < 1.29 is 4.79 Å². The third-order valence-electron chi connectivity index (χ3n) is 5.76. The summed E-state index contributed by atoms with van der Waals surface area (Å²) in [4.78, 5) is 15.9. The van der Waals surface area contributed by atoms with E-state index in [4.69, 9.17) is 0 Å². The van der Waals surface area contributed by atoms with E-state index in [0.29, 0.717) is 0 Å². The SMILES string of the molecule is CCCN(CCC)[C@@]1(C)CCCc2cccc(C(=O)c3ccccc3)c21. The Morgan fingerprint density at radius 1 is 1.00 bits per heavy atom. The first-order valence-electron chi connectivity index (χ1n) is 10.1. The summed E-state index contributed by atoms with van der Waals surface area (Å²) in [6, 6.07) is 16.0. The van der Waals surface area contributed by atoms with Crippen LogP contribution in [-0.4, -0.2) is 23.8 Å². The van der Waals surface area contributed by atoms with Gasteiger partial charge in [0, 0.05) is 16.7 Å². The minimum atomic E-state index is -0.0549. The number of nitrogens with zero attached hydrogens (tertiary/aromatic N) is 1. The Morgan fingerprint density at radius 2 is 1.69 bits per heavy atom. The maximum absolute atomic E-state index is 13.3. The highest BCUT2D eigenvalue weighted by Gasteiger charge is 2.39. The zero-order chi connectivity index (χ0) is 18.6. The molecule has 0 heterocycles. The maximum Gasteiger partial charge on any atom is 0.193 e. The highest BCUT2D eigenvalue weighted by Crippen LogP contribution is 2.42. The van der Waals surface area contributed by atoms with Crippen molar-refractivity contribution in [2.75, 3.05) is 13.1 Å².